The molecule has 0 aliphatic carbocycles. The molecular weight excluding hydrogens is 253 g/mol. The van der Waals surface area contributed by atoms with E-state index in [1.54, 1.807) is 12.1 Å². The highest BCUT2D eigenvalue weighted by Gasteiger charge is 2.29. The average Bonchev–Trinajstić information content (AvgIpc) is 2.77. The summed E-state index contributed by atoms with van der Waals surface area (Å²) in [5.41, 5.74) is 0.666. The number of rotatable bonds is 4. The molecule has 1 unspecified atom stereocenters. The Labute approximate surface area is 114 Å². The number of benzene rings is 1. The van der Waals surface area contributed by atoms with Gasteiger partial charge in [-0.2, -0.15) is 0 Å². The molecule has 0 aromatic heterocycles. The maximum Gasteiger partial charge on any atom is 0.123 e. The zero-order valence-corrected chi connectivity index (χ0v) is 11.4. The largest absolute Gasteiger partial charge is 0.387 e. The van der Waals surface area contributed by atoms with Crippen molar-refractivity contribution in [2.75, 3.05) is 0 Å². The third-order valence-corrected chi connectivity index (χ3v) is 3.48. The highest BCUT2D eigenvalue weighted by Crippen LogP contribution is 2.27. The highest BCUT2D eigenvalue weighted by atomic mass is 35.5. The lowest BCUT2D eigenvalue weighted by Crippen LogP contribution is -2.33. The summed E-state index contributed by atoms with van der Waals surface area (Å²) in [4.78, 5) is 0. The van der Waals surface area contributed by atoms with E-state index in [4.69, 9.17) is 0 Å². The third-order valence-electron chi connectivity index (χ3n) is 3.48. The van der Waals surface area contributed by atoms with Gasteiger partial charge in [0, 0.05) is 12.1 Å². The minimum absolute atomic E-state index is 0. The molecule has 1 fully saturated rings. The predicted molar refractivity (Wildman–Crippen MR) is 73.5 cm³/mol. The topological polar surface area (TPSA) is 32.3 Å². The molecule has 2 rings (SSSR count). The fourth-order valence-electron chi connectivity index (χ4n) is 2.60. The molecule has 2 nitrogen and oxygen atoms in total. The van der Waals surface area contributed by atoms with E-state index in [-0.39, 0.29) is 24.3 Å². The molecule has 1 aromatic carbocycles. The normalized spacial score (nSPS) is 24.6. The first-order valence-corrected chi connectivity index (χ1v) is 6.40. The zero-order chi connectivity index (χ0) is 12.3. The molecule has 1 aliphatic rings. The van der Waals surface area contributed by atoms with Crippen LogP contribution in [0.5, 0.6) is 0 Å². The maximum atomic E-state index is 13.1. The third kappa shape index (κ3) is 3.67. The minimum atomic E-state index is -0.604. The minimum Gasteiger partial charge on any atom is -0.387 e. The smallest absolute Gasteiger partial charge is 0.123 e. The summed E-state index contributed by atoms with van der Waals surface area (Å²) in [5.74, 6) is -0.287. The van der Waals surface area contributed by atoms with Crippen LogP contribution in [-0.4, -0.2) is 17.2 Å². The van der Waals surface area contributed by atoms with Crippen molar-refractivity contribution >= 4 is 12.4 Å². The molecular formula is C14H21ClFNO. The van der Waals surface area contributed by atoms with Gasteiger partial charge in [-0.25, -0.2) is 4.39 Å². The summed E-state index contributed by atoms with van der Waals surface area (Å²) in [5, 5.41) is 13.6. The Morgan fingerprint density at radius 3 is 2.89 bits per heavy atom. The summed E-state index contributed by atoms with van der Waals surface area (Å²) >= 11 is 0. The molecule has 18 heavy (non-hydrogen) atoms. The van der Waals surface area contributed by atoms with E-state index in [9.17, 15) is 9.50 Å². The summed E-state index contributed by atoms with van der Waals surface area (Å²) < 4.78 is 13.1. The fraction of sp³-hybridized carbons (Fsp3) is 0.571. The first kappa shape index (κ1) is 15.4. The molecule has 0 bridgehead atoms. The number of hydrogen-bond donors (Lipinski definition) is 2. The van der Waals surface area contributed by atoms with Crippen LogP contribution in [0.2, 0.25) is 0 Å². The van der Waals surface area contributed by atoms with Gasteiger partial charge < -0.3 is 10.4 Å². The molecule has 1 aromatic rings. The Morgan fingerprint density at radius 1 is 1.44 bits per heavy atom. The van der Waals surface area contributed by atoms with Crippen molar-refractivity contribution in [1.29, 1.82) is 0 Å². The number of aliphatic hydroxyl groups is 1. The van der Waals surface area contributed by atoms with Crippen LogP contribution in [0.1, 0.15) is 44.3 Å². The summed E-state index contributed by atoms with van der Waals surface area (Å²) in [6, 6.07) is 6.81. The van der Waals surface area contributed by atoms with Gasteiger partial charge in [0.1, 0.15) is 5.82 Å². The lowest BCUT2D eigenvalue weighted by atomic mass is 10.0. The fourth-order valence-corrected chi connectivity index (χ4v) is 2.60. The van der Waals surface area contributed by atoms with Crippen molar-refractivity contribution in [3.8, 4) is 0 Å². The van der Waals surface area contributed by atoms with E-state index in [1.165, 1.54) is 12.1 Å². The number of hydrogen-bond acceptors (Lipinski definition) is 2. The molecule has 0 radical (unpaired) electrons. The SMILES string of the molecule is CCC[C@H]1CC[C@@H](C(O)c2cccc(F)c2)N1.Cl. The summed E-state index contributed by atoms with van der Waals surface area (Å²) in [7, 11) is 0. The number of nitrogens with one attached hydrogen (secondary N) is 1. The van der Waals surface area contributed by atoms with E-state index in [1.807, 2.05) is 0 Å². The molecule has 1 saturated heterocycles. The molecule has 1 aliphatic heterocycles. The summed E-state index contributed by atoms with van der Waals surface area (Å²) in [6.45, 7) is 2.16. The first-order valence-electron chi connectivity index (χ1n) is 6.40. The Bertz CT molecular complexity index is 375. The van der Waals surface area contributed by atoms with Gasteiger partial charge in [-0.05, 0) is 37.0 Å². The Hall–Kier alpha value is -0.640. The van der Waals surface area contributed by atoms with Crippen molar-refractivity contribution in [2.24, 2.45) is 0 Å². The van der Waals surface area contributed by atoms with Gasteiger partial charge in [-0.15, -0.1) is 12.4 Å². The maximum absolute atomic E-state index is 13.1. The van der Waals surface area contributed by atoms with E-state index < -0.39 is 6.10 Å². The Kier molecular flexibility index (Phi) is 6.06. The van der Waals surface area contributed by atoms with Crippen LogP contribution in [-0.2, 0) is 0 Å². The highest BCUT2D eigenvalue weighted by molar-refractivity contribution is 5.85. The van der Waals surface area contributed by atoms with Gasteiger partial charge in [0.15, 0.2) is 0 Å². The van der Waals surface area contributed by atoms with Gasteiger partial charge >= 0.3 is 0 Å². The molecule has 1 heterocycles. The van der Waals surface area contributed by atoms with Crippen LogP contribution >= 0.6 is 12.4 Å². The van der Waals surface area contributed by atoms with Crippen LogP contribution < -0.4 is 5.32 Å². The second-order valence-corrected chi connectivity index (χ2v) is 4.84. The monoisotopic (exact) mass is 273 g/mol. The predicted octanol–water partition coefficient (Wildman–Crippen LogP) is 3.20. The van der Waals surface area contributed by atoms with Gasteiger partial charge in [0.05, 0.1) is 6.10 Å². The first-order chi connectivity index (χ1) is 8.20. The molecule has 4 heteroatoms. The number of aliphatic hydroxyl groups excluding tert-OH is 1. The molecule has 0 amide bonds. The van der Waals surface area contributed by atoms with E-state index in [0.29, 0.717) is 11.6 Å². The molecule has 0 saturated carbocycles. The Morgan fingerprint density at radius 2 is 2.22 bits per heavy atom. The van der Waals surface area contributed by atoms with Gasteiger partial charge in [0.25, 0.3) is 0 Å². The van der Waals surface area contributed by atoms with Crippen LogP contribution in [0.3, 0.4) is 0 Å². The van der Waals surface area contributed by atoms with Crippen molar-refractivity contribution < 1.29 is 9.50 Å². The Balaban J connectivity index is 0.00000162. The van der Waals surface area contributed by atoms with Crippen molar-refractivity contribution in [3.05, 3.63) is 35.6 Å². The average molecular weight is 274 g/mol. The lowest BCUT2D eigenvalue weighted by molar-refractivity contribution is 0.134. The van der Waals surface area contributed by atoms with Gasteiger partial charge in [0.2, 0.25) is 0 Å². The van der Waals surface area contributed by atoms with Crippen molar-refractivity contribution in [1.82, 2.24) is 5.32 Å². The summed E-state index contributed by atoms with van der Waals surface area (Å²) in [6.07, 6.45) is 3.76. The molecule has 2 N–H and O–H groups in total. The molecule has 102 valence electrons. The van der Waals surface area contributed by atoms with E-state index >= 15 is 0 Å². The second kappa shape index (κ2) is 7.07. The van der Waals surface area contributed by atoms with Crippen molar-refractivity contribution in [2.45, 2.75) is 50.8 Å². The van der Waals surface area contributed by atoms with Gasteiger partial charge in [-0.1, -0.05) is 25.5 Å². The van der Waals surface area contributed by atoms with Crippen molar-refractivity contribution in [3.63, 3.8) is 0 Å². The zero-order valence-electron chi connectivity index (χ0n) is 10.6. The molecule has 0 spiro atoms. The van der Waals surface area contributed by atoms with E-state index in [2.05, 4.69) is 12.2 Å². The van der Waals surface area contributed by atoms with Crippen LogP contribution in [0.25, 0.3) is 0 Å². The second-order valence-electron chi connectivity index (χ2n) is 4.84. The lowest BCUT2D eigenvalue weighted by Gasteiger charge is -2.20. The standard InChI is InChI=1S/C14H20FNO.ClH/c1-2-4-12-7-8-13(16-12)14(17)10-5-3-6-11(15)9-10;/h3,5-6,9,12-14,16-17H,2,4,7-8H2,1H3;1H/t12-,13-,14?;/m0./s1. The van der Waals surface area contributed by atoms with Crippen LogP contribution in [0.15, 0.2) is 24.3 Å². The van der Waals surface area contributed by atoms with Gasteiger partial charge in [-0.3, -0.25) is 0 Å². The molecule has 3 atom stereocenters. The van der Waals surface area contributed by atoms with Crippen LogP contribution in [0, 0.1) is 5.82 Å². The van der Waals surface area contributed by atoms with Crippen LogP contribution in [0.4, 0.5) is 4.39 Å². The van der Waals surface area contributed by atoms with E-state index in [0.717, 1.165) is 25.7 Å². The number of halogens is 2. The quantitative estimate of drug-likeness (QED) is 0.883.